The summed E-state index contributed by atoms with van der Waals surface area (Å²) >= 11 is 0. The van der Waals surface area contributed by atoms with E-state index < -0.39 is 21.8 Å². The lowest BCUT2D eigenvalue weighted by Crippen LogP contribution is -2.16. The Kier molecular flexibility index (Phi) is 6.23. The molecular weight excluding hydrogens is 447 g/mol. The molecule has 0 radical (unpaired) electrons. The number of ether oxygens (including phenoxy) is 1. The number of oxazole rings is 1. The third kappa shape index (κ3) is 5.09. The van der Waals surface area contributed by atoms with E-state index in [9.17, 15) is 17.6 Å². The Bertz CT molecular complexity index is 1400. The van der Waals surface area contributed by atoms with E-state index in [4.69, 9.17) is 9.15 Å². The van der Waals surface area contributed by atoms with Crippen molar-refractivity contribution in [2.24, 2.45) is 0 Å². The minimum atomic E-state index is -4.05. The molecule has 9 heteroatoms. The number of para-hydroxylation sites is 1. The summed E-state index contributed by atoms with van der Waals surface area (Å²) < 4.78 is 52.1. The van der Waals surface area contributed by atoms with Gasteiger partial charge in [-0.25, -0.2) is 22.6 Å². The maximum absolute atomic E-state index is 13.5. The summed E-state index contributed by atoms with van der Waals surface area (Å²) in [4.78, 5) is 16.8. The molecule has 0 unspecified atom stereocenters. The Balaban J connectivity index is 1.48. The highest BCUT2D eigenvalue weighted by Gasteiger charge is 2.20. The zero-order valence-electron chi connectivity index (χ0n) is 17.5. The zero-order valence-corrected chi connectivity index (χ0v) is 18.3. The fourth-order valence-electron chi connectivity index (χ4n) is 3.04. The van der Waals surface area contributed by atoms with E-state index in [1.165, 1.54) is 31.4 Å². The van der Waals surface area contributed by atoms with Gasteiger partial charge in [-0.3, -0.25) is 4.72 Å². The SMILES string of the molecule is Cc1cc(S(=O)(=O)Nc2ccccc2C(=O)OCc2coc(-c3ccccc3)n2)ccc1F. The molecule has 7 nitrogen and oxygen atoms in total. The van der Waals surface area contributed by atoms with Crippen LogP contribution < -0.4 is 4.72 Å². The summed E-state index contributed by atoms with van der Waals surface area (Å²) in [6.45, 7) is 1.31. The molecule has 168 valence electrons. The second kappa shape index (κ2) is 9.25. The number of halogens is 1. The Morgan fingerprint density at radius 2 is 1.79 bits per heavy atom. The highest BCUT2D eigenvalue weighted by molar-refractivity contribution is 7.92. The van der Waals surface area contributed by atoms with Crippen LogP contribution in [0.5, 0.6) is 0 Å². The van der Waals surface area contributed by atoms with Gasteiger partial charge in [-0.15, -0.1) is 0 Å². The largest absolute Gasteiger partial charge is 0.455 e. The van der Waals surface area contributed by atoms with Gasteiger partial charge < -0.3 is 9.15 Å². The number of benzene rings is 3. The van der Waals surface area contributed by atoms with E-state index >= 15 is 0 Å². The van der Waals surface area contributed by atoms with Gasteiger partial charge >= 0.3 is 5.97 Å². The summed E-state index contributed by atoms with van der Waals surface area (Å²) in [5, 5.41) is 0. The Labute approximate surface area is 189 Å². The zero-order chi connectivity index (χ0) is 23.4. The van der Waals surface area contributed by atoms with Gasteiger partial charge in [-0.1, -0.05) is 30.3 Å². The predicted molar refractivity (Wildman–Crippen MR) is 119 cm³/mol. The summed E-state index contributed by atoms with van der Waals surface area (Å²) in [6, 6.07) is 18.7. The molecule has 33 heavy (non-hydrogen) atoms. The normalized spacial score (nSPS) is 11.2. The van der Waals surface area contributed by atoms with Crippen molar-refractivity contribution in [1.29, 1.82) is 0 Å². The lowest BCUT2D eigenvalue weighted by Gasteiger charge is -2.12. The van der Waals surface area contributed by atoms with Crippen LogP contribution in [0.4, 0.5) is 10.1 Å². The first-order chi connectivity index (χ1) is 15.8. The van der Waals surface area contributed by atoms with Crippen LogP contribution >= 0.6 is 0 Å². The molecular formula is C24H19FN2O5S. The van der Waals surface area contributed by atoms with Crippen molar-refractivity contribution in [3.05, 3.63) is 102 Å². The average Bonchev–Trinajstić information content (AvgIpc) is 3.29. The number of anilines is 1. The number of hydrogen-bond acceptors (Lipinski definition) is 6. The summed E-state index contributed by atoms with van der Waals surface area (Å²) in [5.74, 6) is -0.863. The van der Waals surface area contributed by atoms with Crippen LogP contribution in [-0.2, 0) is 21.4 Å². The number of sulfonamides is 1. The van der Waals surface area contributed by atoms with Crippen LogP contribution in [-0.4, -0.2) is 19.4 Å². The van der Waals surface area contributed by atoms with E-state index in [-0.39, 0.29) is 28.3 Å². The number of hydrogen-bond donors (Lipinski definition) is 1. The first kappa shape index (κ1) is 22.2. The van der Waals surface area contributed by atoms with Crippen LogP contribution in [0.2, 0.25) is 0 Å². The predicted octanol–water partition coefficient (Wildman–Crippen LogP) is 4.95. The van der Waals surface area contributed by atoms with E-state index in [0.29, 0.717) is 11.6 Å². The van der Waals surface area contributed by atoms with Crippen LogP contribution in [0.25, 0.3) is 11.5 Å². The summed E-state index contributed by atoms with van der Waals surface area (Å²) in [7, 11) is -4.05. The first-order valence-electron chi connectivity index (χ1n) is 9.88. The van der Waals surface area contributed by atoms with Crippen molar-refractivity contribution in [2.75, 3.05) is 4.72 Å². The van der Waals surface area contributed by atoms with E-state index in [0.717, 1.165) is 17.7 Å². The van der Waals surface area contributed by atoms with Crippen LogP contribution in [0.15, 0.2) is 88.4 Å². The number of carbonyl (C=O) groups excluding carboxylic acids is 1. The van der Waals surface area contributed by atoms with Gasteiger partial charge in [0, 0.05) is 5.56 Å². The molecule has 0 atom stereocenters. The molecule has 0 fully saturated rings. The van der Waals surface area contributed by atoms with Crippen molar-refractivity contribution in [1.82, 2.24) is 4.98 Å². The summed E-state index contributed by atoms with van der Waals surface area (Å²) in [5.41, 5.74) is 1.43. The topological polar surface area (TPSA) is 98.5 Å². The molecule has 1 aromatic heterocycles. The molecule has 4 rings (SSSR count). The molecule has 0 amide bonds. The van der Waals surface area contributed by atoms with Crippen molar-refractivity contribution < 1.29 is 26.8 Å². The number of carbonyl (C=O) groups is 1. The minimum absolute atomic E-state index is 0.0201. The lowest BCUT2D eigenvalue weighted by atomic mass is 10.2. The van der Waals surface area contributed by atoms with E-state index in [1.807, 2.05) is 30.3 Å². The van der Waals surface area contributed by atoms with Crippen LogP contribution in [0.3, 0.4) is 0 Å². The molecule has 1 N–H and O–H groups in total. The monoisotopic (exact) mass is 466 g/mol. The van der Waals surface area contributed by atoms with E-state index in [1.54, 1.807) is 12.1 Å². The molecule has 0 aliphatic rings. The second-order valence-electron chi connectivity index (χ2n) is 7.15. The Hall–Kier alpha value is -3.98. The van der Waals surface area contributed by atoms with Crippen molar-refractivity contribution in [3.63, 3.8) is 0 Å². The molecule has 0 bridgehead atoms. The minimum Gasteiger partial charge on any atom is -0.455 e. The highest BCUT2D eigenvalue weighted by Crippen LogP contribution is 2.23. The number of rotatable bonds is 7. The number of aromatic nitrogens is 1. The molecule has 0 aliphatic carbocycles. The van der Waals surface area contributed by atoms with Crippen LogP contribution in [0, 0.1) is 12.7 Å². The molecule has 0 saturated carbocycles. The van der Waals surface area contributed by atoms with Gasteiger partial charge in [0.2, 0.25) is 5.89 Å². The van der Waals surface area contributed by atoms with Gasteiger partial charge in [0.15, 0.2) is 0 Å². The number of esters is 1. The maximum Gasteiger partial charge on any atom is 0.340 e. The Morgan fingerprint density at radius 3 is 2.55 bits per heavy atom. The molecule has 0 saturated heterocycles. The number of nitrogens with zero attached hydrogens (tertiary/aromatic N) is 1. The third-order valence-corrected chi connectivity index (χ3v) is 6.12. The molecule has 4 aromatic rings. The highest BCUT2D eigenvalue weighted by atomic mass is 32.2. The fourth-order valence-corrected chi connectivity index (χ4v) is 4.21. The smallest absolute Gasteiger partial charge is 0.340 e. The third-order valence-electron chi connectivity index (χ3n) is 4.75. The quantitative estimate of drug-likeness (QED) is 0.387. The van der Waals surface area contributed by atoms with Crippen LogP contribution in [0.1, 0.15) is 21.6 Å². The molecule has 0 aliphatic heterocycles. The van der Waals surface area contributed by atoms with Crippen molar-refractivity contribution in [2.45, 2.75) is 18.4 Å². The second-order valence-corrected chi connectivity index (χ2v) is 8.83. The van der Waals surface area contributed by atoms with Gasteiger partial charge in [-0.05, 0) is 55.0 Å². The Morgan fingerprint density at radius 1 is 1.06 bits per heavy atom. The van der Waals surface area contributed by atoms with Crippen molar-refractivity contribution in [3.8, 4) is 11.5 Å². The standard InChI is InChI=1S/C24H19FN2O5S/c1-16-13-19(11-12-21(16)25)33(29,30)27-22-10-6-5-9-20(22)24(28)32-15-18-14-31-23(26-18)17-7-3-2-4-8-17/h2-14,27H,15H2,1H3. The van der Waals surface area contributed by atoms with Gasteiger partial charge in [0.25, 0.3) is 10.0 Å². The van der Waals surface area contributed by atoms with Crippen molar-refractivity contribution >= 4 is 21.7 Å². The molecule has 0 spiro atoms. The average molecular weight is 466 g/mol. The molecule has 1 heterocycles. The number of nitrogens with one attached hydrogen (secondary N) is 1. The van der Waals surface area contributed by atoms with Gasteiger partial charge in [0.05, 0.1) is 16.1 Å². The van der Waals surface area contributed by atoms with E-state index in [2.05, 4.69) is 9.71 Å². The summed E-state index contributed by atoms with van der Waals surface area (Å²) in [6.07, 6.45) is 1.39. The first-order valence-corrected chi connectivity index (χ1v) is 11.4. The van der Waals surface area contributed by atoms with Gasteiger partial charge in [0.1, 0.15) is 24.4 Å². The fraction of sp³-hybridized carbons (Fsp3) is 0.0833. The molecule has 3 aromatic carbocycles. The lowest BCUT2D eigenvalue weighted by molar-refractivity contribution is 0.0469. The van der Waals surface area contributed by atoms with Gasteiger partial charge in [-0.2, -0.15) is 0 Å². The number of aryl methyl sites for hydroxylation is 1. The maximum atomic E-state index is 13.5.